The van der Waals surface area contributed by atoms with Crippen LogP contribution < -0.4 is 0 Å². The number of hydrogen-bond donors (Lipinski definition) is 1. The van der Waals surface area contributed by atoms with E-state index in [1.165, 1.54) is 4.90 Å². The van der Waals surface area contributed by atoms with Gasteiger partial charge in [-0.25, -0.2) is 8.78 Å². The van der Waals surface area contributed by atoms with E-state index in [1.54, 1.807) is 0 Å². The number of phenolic OH excluding ortho intramolecular Hbond substituents is 1. The molecule has 3 nitrogen and oxygen atoms in total. The number of carbonyl (C=O) groups is 1. The van der Waals surface area contributed by atoms with E-state index in [2.05, 4.69) is 0 Å². The Labute approximate surface area is 120 Å². The topological polar surface area (TPSA) is 40.5 Å². The van der Waals surface area contributed by atoms with Crippen LogP contribution in [0.5, 0.6) is 5.75 Å². The van der Waals surface area contributed by atoms with Gasteiger partial charge in [0.25, 0.3) is 5.91 Å². The average Bonchev–Trinajstić information content (AvgIpc) is 2.44. The lowest BCUT2D eigenvalue weighted by Gasteiger charge is -2.22. The number of aromatic hydroxyl groups is 1. The molecule has 20 heavy (non-hydrogen) atoms. The third-order valence-electron chi connectivity index (χ3n) is 2.79. The summed E-state index contributed by atoms with van der Waals surface area (Å²) in [6.07, 6.45) is 1.47. The lowest BCUT2D eigenvalue weighted by Crippen LogP contribution is -2.34. The van der Waals surface area contributed by atoms with Crippen LogP contribution in [0.1, 0.15) is 30.1 Å². The van der Waals surface area contributed by atoms with Gasteiger partial charge in [0.1, 0.15) is 0 Å². The number of nitrogens with zero attached hydrogens (tertiary/aromatic N) is 1. The van der Waals surface area contributed by atoms with E-state index in [4.69, 9.17) is 16.7 Å². The second-order valence-corrected chi connectivity index (χ2v) is 4.60. The first-order valence-electron chi connectivity index (χ1n) is 6.15. The van der Waals surface area contributed by atoms with E-state index < -0.39 is 34.7 Å². The molecular formula is C13H15ClF3NO2. The Hall–Kier alpha value is -1.43. The predicted octanol–water partition coefficient (Wildman–Crippen LogP) is 3.29. The molecular weight excluding hydrogens is 295 g/mol. The van der Waals surface area contributed by atoms with Crippen LogP contribution in [0.3, 0.4) is 0 Å². The quantitative estimate of drug-likeness (QED) is 0.647. The third kappa shape index (κ3) is 3.56. The van der Waals surface area contributed by atoms with E-state index in [9.17, 15) is 18.0 Å². The molecule has 0 atom stereocenters. The fourth-order valence-corrected chi connectivity index (χ4v) is 1.89. The maximum atomic E-state index is 13.7. The van der Waals surface area contributed by atoms with Crippen LogP contribution in [0.4, 0.5) is 13.2 Å². The number of hydrogen-bond acceptors (Lipinski definition) is 2. The van der Waals surface area contributed by atoms with Gasteiger partial charge in [0.05, 0.1) is 5.56 Å². The van der Waals surface area contributed by atoms with Gasteiger partial charge in [-0.1, -0.05) is 13.3 Å². The highest BCUT2D eigenvalue weighted by molar-refractivity contribution is 6.18. The summed E-state index contributed by atoms with van der Waals surface area (Å²) in [7, 11) is 0. The van der Waals surface area contributed by atoms with Crippen LogP contribution in [-0.2, 0) is 0 Å². The molecule has 0 saturated carbocycles. The molecule has 0 fully saturated rings. The Morgan fingerprint density at radius 3 is 2.50 bits per heavy atom. The van der Waals surface area contributed by atoms with Gasteiger partial charge < -0.3 is 10.0 Å². The minimum atomic E-state index is -1.71. The molecule has 1 amide bonds. The van der Waals surface area contributed by atoms with E-state index in [0.29, 0.717) is 19.0 Å². The maximum absolute atomic E-state index is 13.7. The van der Waals surface area contributed by atoms with Crippen molar-refractivity contribution in [1.82, 2.24) is 4.90 Å². The van der Waals surface area contributed by atoms with Crippen molar-refractivity contribution >= 4 is 17.5 Å². The second kappa shape index (κ2) is 7.38. The van der Waals surface area contributed by atoms with E-state index in [0.717, 1.165) is 6.42 Å². The molecule has 0 spiro atoms. The number of halogens is 4. The molecule has 0 aromatic heterocycles. The van der Waals surface area contributed by atoms with Gasteiger partial charge in [0.15, 0.2) is 17.4 Å². The van der Waals surface area contributed by atoms with E-state index >= 15 is 0 Å². The summed E-state index contributed by atoms with van der Waals surface area (Å²) in [5, 5.41) is 9.12. The Bertz CT molecular complexity index is 497. The van der Waals surface area contributed by atoms with Crippen LogP contribution in [0, 0.1) is 17.5 Å². The molecule has 1 rings (SSSR count). The number of unbranched alkanes of at least 4 members (excludes halogenated alkanes) is 1. The molecule has 0 radical (unpaired) electrons. The zero-order valence-electron chi connectivity index (χ0n) is 10.9. The van der Waals surface area contributed by atoms with Crippen molar-refractivity contribution in [3.8, 4) is 5.75 Å². The minimum Gasteiger partial charge on any atom is -0.503 e. The van der Waals surface area contributed by atoms with Gasteiger partial charge in [0, 0.05) is 19.0 Å². The normalized spacial score (nSPS) is 10.7. The predicted molar refractivity (Wildman–Crippen MR) is 69.5 cm³/mol. The minimum absolute atomic E-state index is 0.132. The highest BCUT2D eigenvalue weighted by Crippen LogP contribution is 2.26. The molecule has 0 aliphatic heterocycles. The molecule has 1 N–H and O–H groups in total. The number of alkyl halides is 1. The Morgan fingerprint density at radius 2 is 1.95 bits per heavy atom. The Morgan fingerprint density at radius 1 is 1.30 bits per heavy atom. The smallest absolute Gasteiger partial charge is 0.257 e. The molecule has 0 aliphatic rings. The summed E-state index contributed by atoms with van der Waals surface area (Å²) in [6.45, 7) is 2.38. The van der Waals surface area contributed by atoms with Crippen molar-refractivity contribution in [1.29, 1.82) is 0 Å². The number of rotatable bonds is 6. The summed E-state index contributed by atoms with van der Waals surface area (Å²) in [4.78, 5) is 13.3. The van der Waals surface area contributed by atoms with Gasteiger partial charge >= 0.3 is 0 Å². The van der Waals surface area contributed by atoms with Crippen molar-refractivity contribution < 1.29 is 23.1 Å². The van der Waals surface area contributed by atoms with Crippen LogP contribution in [-0.4, -0.2) is 34.9 Å². The van der Waals surface area contributed by atoms with Gasteiger partial charge in [0.2, 0.25) is 5.82 Å². The van der Waals surface area contributed by atoms with Crippen molar-refractivity contribution in [2.75, 3.05) is 19.0 Å². The van der Waals surface area contributed by atoms with Gasteiger partial charge in [-0.2, -0.15) is 4.39 Å². The molecule has 0 bridgehead atoms. The second-order valence-electron chi connectivity index (χ2n) is 4.22. The van der Waals surface area contributed by atoms with Gasteiger partial charge in [-0.05, 0) is 12.5 Å². The number of carbonyl (C=O) groups excluding carboxylic acids is 1. The van der Waals surface area contributed by atoms with Crippen molar-refractivity contribution in [3.05, 3.63) is 29.1 Å². The SMILES string of the molecule is CCCCN(CCCl)C(=O)c1cc(F)c(F)c(O)c1F. The molecule has 0 unspecified atom stereocenters. The first kappa shape index (κ1) is 16.6. The summed E-state index contributed by atoms with van der Waals surface area (Å²) < 4.78 is 39.8. The van der Waals surface area contributed by atoms with Crippen LogP contribution in [0.15, 0.2) is 6.07 Å². The van der Waals surface area contributed by atoms with E-state index in [1.807, 2.05) is 6.92 Å². The third-order valence-corrected chi connectivity index (χ3v) is 2.96. The molecule has 112 valence electrons. The monoisotopic (exact) mass is 309 g/mol. The summed E-state index contributed by atoms with van der Waals surface area (Å²) in [5.41, 5.74) is -0.706. The average molecular weight is 310 g/mol. The number of amides is 1. The van der Waals surface area contributed by atoms with Crippen molar-refractivity contribution in [3.63, 3.8) is 0 Å². The molecule has 0 heterocycles. The first-order chi connectivity index (χ1) is 9.43. The molecule has 7 heteroatoms. The lowest BCUT2D eigenvalue weighted by molar-refractivity contribution is 0.0756. The van der Waals surface area contributed by atoms with Gasteiger partial charge in [-0.15, -0.1) is 11.6 Å². The van der Waals surface area contributed by atoms with Gasteiger partial charge in [-0.3, -0.25) is 4.79 Å². The summed E-state index contributed by atoms with van der Waals surface area (Å²) in [5.74, 6) is -6.84. The molecule has 0 saturated heterocycles. The summed E-state index contributed by atoms with van der Waals surface area (Å²) >= 11 is 5.56. The highest BCUT2D eigenvalue weighted by atomic mass is 35.5. The standard InChI is InChI=1S/C13H15ClF3NO2/c1-2-3-5-18(6-4-14)13(20)8-7-9(15)11(17)12(19)10(8)16/h7,19H,2-6H2,1H3. The summed E-state index contributed by atoms with van der Waals surface area (Å²) in [6, 6.07) is 0.444. The zero-order chi connectivity index (χ0) is 15.3. The van der Waals surface area contributed by atoms with Crippen LogP contribution >= 0.6 is 11.6 Å². The lowest BCUT2D eigenvalue weighted by atomic mass is 10.1. The first-order valence-corrected chi connectivity index (χ1v) is 6.69. The largest absolute Gasteiger partial charge is 0.503 e. The zero-order valence-corrected chi connectivity index (χ0v) is 11.7. The van der Waals surface area contributed by atoms with Crippen molar-refractivity contribution in [2.24, 2.45) is 0 Å². The van der Waals surface area contributed by atoms with Crippen LogP contribution in [0.25, 0.3) is 0 Å². The molecule has 0 aliphatic carbocycles. The fourth-order valence-electron chi connectivity index (χ4n) is 1.68. The van der Waals surface area contributed by atoms with E-state index in [-0.39, 0.29) is 12.4 Å². The Balaban J connectivity index is 3.11. The number of phenols is 1. The van der Waals surface area contributed by atoms with Crippen LogP contribution in [0.2, 0.25) is 0 Å². The van der Waals surface area contributed by atoms with Crippen molar-refractivity contribution in [2.45, 2.75) is 19.8 Å². The highest BCUT2D eigenvalue weighted by Gasteiger charge is 2.25. The Kier molecular flexibility index (Phi) is 6.13. The molecule has 1 aromatic rings. The molecule has 1 aromatic carbocycles. The fraction of sp³-hybridized carbons (Fsp3) is 0.462. The maximum Gasteiger partial charge on any atom is 0.257 e. The number of benzene rings is 1.